The summed E-state index contributed by atoms with van der Waals surface area (Å²) in [7, 11) is 1.20. The number of carbonyl (C=O) groups is 4. The van der Waals surface area contributed by atoms with Gasteiger partial charge < -0.3 is 9.84 Å². The molecular weight excluding hydrogens is 428 g/mol. The van der Waals surface area contributed by atoms with Gasteiger partial charge in [-0.25, -0.2) is 4.79 Å². The Kier molecular flexibility index (Phi) is 6.72. The standard InChI is InChI=1S/C21H23BrO6/c1-5-12(20(26)28-4)17-14(19(25)21(3,27)18(17)11(2)23)10-16(24)13-8-6-7-9-15(13)22/h5-9,14,17-18,27H,10H2,1-4H3/b12-5+/t14-,17-,18-,21+/m0/s1. The first-order valence-electron chi connectivity index (χ1n) is 8.87. The Morgan fingerprint density at radius 3 is 2.39 bits per heavy atom. The summed E-state index contributed by atoms with van der Waals surface area (Å²) < 4.78 is 5.38. The number of ether oxygens (including phenoxy) is 1. The molecule has 0 unspecified atom stereocenters. The van der Waals surface area contributed by atoms with Gasteiger partial charge in [-0.2, -0.15) is 0 Å². The summed E-state index contributed by atoms with van der Waals surface area (Å²) in [5.74, 6) is -5.16. The van der Waals surface area contributed by atoms with Crippen LogP contribution in [0.15, 0.2) is 40.4 Å². The zero-order valence-corrected chi connectivity index (χ0v) is 17.8. The minimum Gasteiger partial charge on any atom is -0.466 e. The van der Waals surface area contributed by atoms with Gasteiger partial charge in [0.15, 0.2) is 11.6 Å². The van der Waals surface area contributed by atoms with E-state index in [0.29, 0.717) is 10.0 Å². The van der Waals surface area contributed by atoms with E-state index in [1.54, 1.807) is 31.2 Å². The van der Waals surface area contributed by atoms with Crippen molar-refractivity contribution in [1.29, 1.82) is 0 Å². The van der Waals surface area contributed by atoms with Gasteiger partial charge in [0.25, 0.3) is 0 Å². The monoisotopic (exact) mass is 450 g/mol. The van der Waals surface area contributed by atoms with Crippen LogP contribution in [0.4, 0.5) is 0 Å². The van der Waals surface area contributed by atoms with Gasteiger partial charge in [-0.05, 0) is 26.8 Å². The Labute approximate surface area is 172 Å². The van der Waals surface area contributed by atoms with Crippen LogP contribution < -0.4 is 0 Å². The minimum atomic E-state index is -1.97. The number of Topliss-reactive ketones (excluding diaryl/α,β-unsaturated/α-hetero) is 3. The van der Waals surface area contributed by atoms with E-state index in [1.807, 2.05) is 0 Å². The van der Waals surface area contributed by atoms with Gasteiger partial charge in [-0.3, -0.25) is 14.4 Å². The molecule has 1 aromatic rings. The molecule has 6 nitrogen and oxygen atoms in total. The molecule has 1 aliphatic rings. The van der Waals surface area contributed by atoms with E-state index in [9.17, 15) is 24.3 Å². The van der Waals surface area contributed by atoms with Crippen LogP contribution in [0.1, 0.15) is 37.6 Å². The van der Waals surface area contributed by atoms with Crippen molar-refractivity contribution in [1.82, 2.24) is 0 Å². The highest BCUT2D eigenvalue weighted by molar-refractivity contribution is 9.10. The highest BCUT2D eigenvalue weighted by atomic mass is 79.9. The van der Waals surface area contributed by atoms with Crippen LogP contribution in [-0.4, -0.2) is 41.1 Å². The number of halogens is 1. The molecule has 28 heavy (non-hydrogen) atoms. The lowest BCUT2D eigenvalue weighted by molar-refractivity contribution is -0.142. The highest BCUT2D eigenvalue weighted by Gasteiger charge is 2.60. The number of hydrogen-bond donors (Lipinski definition) is 1. The molecule has 7 heteroatoms. The van der Waals surface area contributed by atoms with Crippen LogP contribution in [0.25, 0.3) is 0 Å². The Morgan fingerprint density at radius 1 is 1.29 bits per heavy atom. The maximum Gasteiger partial charge on any atom is 0.333 e. The third-order valence-electron chi connectivity index (χ3n) is 5.34. The number of aliphatic hydroxyl groups is 1. The number of carbonyl (C=O) groups excluding carboxylic acids is 4. The van der Waals surface area contributed by atoms with Crippen molar-refractivity contribution < 1.29 is 29.0 Å². The first kappa shape index (κ1) is 22.2. The van der Waals surface area contributed by atoms with E-state index in [4.69, 9.17) is 4.74 Å². The van der Waals surface area contributed by atoms with Gasteiger partial charge in [0.1, 0.15) is 11.4 Å². The number of esters is 1. The number of rotatable bonds is 6. The SMILES string of the molecule is C/C=C(/C(=O)OC)[C@H]1[C@H](CC(=O)c2ccccc2Br)C(=O)[C@](C)(O)[C@H]1C(C)=O. The first-order chi connectivity index (χ1) is 13.1. The lowest BCUT2D eigenvalue weighted by Gasteiger charge is -2.27. The Morgan fingerprint density at radius 2 is 1.89 bits per heavy atom. The van der Waals surface area contributed by atoms with Crippen molar-refractivity contribution in [2.45, 2.75) is 32.8 Å². The van der Waals surface area contributed by atoms with E-state index in [2.05, 4.69) is 15.9 Å². The number of ketones is 3. The Bertz CT molecular complexity index is 854. The molecule has 150 valence electrons. The maximum absolute atomic E-state index is 13.0. The second-order valence-corrected chi connectivity index (χ2v) is 7.93. The van der Waals surface area contributed by atoms with Gasteiger partial charge in [0.2, 0.25) is 0 Å². The highest BCUT2D eigenvalue weighted by Crippen LogP contribution is 2.48. The summed E-state index contributed by atoms with van der Waals surface area (Å²) in [4.78, 5) is 50.5. The van der Waals surface area contributed by atoms with Gasteiger partial charge in [0, 0.05) is 33.9 Å². The van der Waals surface area contributed by atoms with Gasteiger partial charge in [-0.1, -0.05) is 40.2 Å². The lowest BCUT2D eigenvalue weighted by Crippen LogP contribution is -2.42. The van der Waals surface area contributed by atoms with E-state index in [0.717, 1.165) is 0 Å². The smallest absolute Gasteiger partial charge is 0.333 e. The zero-order chi connectivity index (χ0) is 21.2. The van der Waals surface area contributed by atoms with Crippen molar-refractivity contribution in [3.05, 3.63) is 46.0 Å². The molecule has 0 aromatic heterocycles. The molecule has 0 bridgehead atoms. The van der Waals surface area contributed by atoms with Crippen molar-refractivity contribution in [3.8, 4) is 0 Å². The summed E-state index contributed by atoms with van der Waals surface area (Å²) in [6, 6.07) is 6.79. The zero-order valence-electron chi connectivity index (χ0n) is 16.2. The van der Waals surface area contributed by atoms with Crippen LogP contribution in [0, 0.1) is 17.8 Å². The van der Waals surface area contributed by atoms with Gasteiger partial charge in [-0.15, -0.1) is 0 Å². The summed E-state index contributed by atoms with van der Waals surface area (Å²) in [6.07, 6.45) is 1.23. The van der Waals surface area contributed by atoms with Crippen LogP contribution in [0.2, 0.25) is 0 Å². The van der Waals surface area contributed by atoms with E-state index in [1.165, 1.54) is 27.0 Å². The van der Waals surface area contributed by atoms with Crippen LogP contribution in [-0.2, 0) is 19.1 Å². The summed E-state index contributed by atoms with van der Waals surface area (Å²) in [5, 5.41) is 10.8. The number of allylic oxidation sites excluding steroid dienone is 1. The van der Waals surface area contributed by atoms with Gasteiger partial charge >= 0.3 is 5.97 Å². The van der Waals surface area contributed by atoms with Gasteiger partial charge in [0.05, 0.1) is 13.0 Å². The van der Waals surface area contributed by atoms with Crippen LogP contribution in [0.3, 0.4) is 0 Å². The van der Waals surface area contributed by atoms with E-state index < -0.39 is 40.9 Å². The molecule has 0 radical (unpaired) electrons. The fourth-order valence-corrected chi connectivity index (χ4v) is 4.61. The molecule has 0 aliphatic heterocycles. The summed E-state index contributed by atoms with van der Waals surface area (Å²) in [6.45, 7) is 4.12. The molecule has 0 heterocycles. The van der Waals surface area contributed by atoms with Crippen molar-refractivity contribution in [2.75, 3.05) is 7.11 Å². The van der Waals surface area contributed by atoms with Crippen LogP contribution in [0.5, 0.6) is 0 Å². The largest absolute Gasteiger partial charge is 0.466 e. The predicted molar refractivity (Wildman–Crippen MR) is 106 cm³/mol. The van der Waals surface area contributed by atoms with Crippen molar-refractivity contribution in [3.63, 3.8) is 0 Å². The van der Waals surface area contributed by atoms with E-state index >= 15 is 0 Å². The molecule has 2 rings (SSSR count). The average molecular weight is 451 g/mol. The minimum absolute atomic E-state index is 0.110. The number of benzene rings is 1. The molecular formula is C21H23BrO6. The fraction of sp³-hybridized carbons (Fsp3) is 0.429. The third kappa shape index (κ3) is 3.86. The van der Waals surface area contributed by atoms with Crippen molar-refractivity contribution >= 4 is 39.2 Å². The quantitative estimate of drug-likeness (QED) is 0.406. The summed E-state index contributed by atoms with van der Waals surface area (Å²) in [5.41, 5.74) is -1.48. The molecule has 1 aromatic carbocycles. The topological polar surface area (TPSA) is 97.7 Å². The molecule has 1 N–H and O–H groups in total. The molecule has 4 atom stereocenters. The molecule has 0 saturated heterocycles. The average Bonchev–Trinajstić information content (AvgIpc) is 2.83. The normalized spacial score (nSPS) is 27.6. The van der Waals surface area contributed by atoms with E-state index in [-0.39, 0.29) is 17.8 Å². The molecule has 0 amide bonds. The Hall–Kier alpha value is -2.12. The number of methoxy groups -OCH3 is 1. The number of hydrogen-bond acceptors (Lipinski definition) is 6. The maximum atomic E-state index is 13.0. The fourth-order valence-electron chi connectivity index (χ4n) is 4.10. The second-order valence-electron chi connectivity index (χ2n) is 7.08. The summed E-state index contributed by atoms with van der Waals surface area (Å²) >= 11 is 3.32. The second kappa shape index (κ2) is 8.49. The van der Waals surface area contributed by atoms with Crippen molar-refractivity contribution in [2.24, 2.45) is 17.8 Å². The molecule has 0 spiro atoms. The third-order valence-corrected chi connectivity index (χ3v) is 6.03. The molecule has 1 fully saturated rings. The Balaban J connectivity index is 2.53. The molecule has 1 saturated carbocycles. The first-order valence-corrected chi connectivity index (χ1v) is 9.66. The van der Waals surface area contributed by atoms with Crippen LogP contribution >= 0.6 is 15.9 Å². The molecule has 1 aliphatic carbocycles. The predicted octanol–water partition coefficient (Wildman–Crippen LogP) is 2.91. The lowest BCUT2D eigenvalue weighted by atomic mass is 9.76.